The van der Waals surface area contributed by atoms with Gasteiger partial charge in [-0.05, 0) is 18.1 Å². The molecule has 0 aliphatic rings. The second-order valence-corrected chi connectivity index (χ2v) is 5.42. The van der Waals surface area contributed by atoms with E-state index in [0.717, 1.165) is 11.1 Å². The Labute approximate surface area is 141 Å². The van der Waals surface area contributed by atoms with Crippen LogP contribution in [0.3, 0.4) is 0 Å². The Morgan fingerprint density at radius 1 is 0.875 bits per heavy atom. The molecular formula is C19H21NO4. The van der Waals surface area contributed by atoms with Gasteiger partial charge in [0.05, 0.1) is 0 Å². The number of hydrogen-bond acceptors (Lipinski definition) is 4. The van der Waals surface area contributed by atoms with Crippen molar-refractivity contribution in [2.75, 3.05) is 7.05 Å². The quantitative estimate of drug-likeness (QED) is 0.763. The summed E-state index contributed by atoms with van der Waals surface area (Å²) in [5, 5.41) is 0. The summed E-state index contributed by atoms with van der Waals surface area (Å²) in [7, 11) is 1.52. The van der Waals surface area contributed by atoms with Crippen LogP contribution in [0.25, 0.3) is 0 Å². The number of carbonyl (C=O) groups is 2. The van der Waals surface area contributed by atoms with E-state index in [1.54, 1.807) is 6.92 Å². The third-order valence-corrected chi connectivity index (χ3v) is 3.64. The van der Waals surface area contributed by atoms with Crippen molar-refractivity contribution in [2.45, 2.75) is 26.2 Å². The van der Waals surface area contributed by atoms with Gasteiger partial charge in [-0.15, -0.1) is 0 Å². The van der Waals surface area contributed by atoms with E-state index in [-0.39, 0.29) is 13.2 Å². The smallest absolute Gasteiger partial charge is 0.410 e. The van der Waals surface area contributed by atoms with E-state index in [9.17, 15) is 9.59 Å². The number of amides is 1. The standard InChI is InChI=1S/C19H21NO4/c1-15(18(21)23-13-16-9-5-3-6-10-16)20(2)19(22)24-14-17-11-7-4-8-12-17/h3-12,15H,13-14H2,1-2H3. The molecule has 2 aromatic carbocycles. The van der Waals surface area contributed by atoms with E-state index < -0.39 is 18.1 Å². The van der Waals surface area contributed by atoms with Crippen molar-refractivity contribution in [2.24, 2.45) is 0 Å². The molecule has 1 atom stereocenters. The van der Waals surface area contributed by atoms with Gasteiger partial charge < -0.3 is 9.47 Å². The number of rotatable bonds is 6. The van der Waals surface area contributed by atoms with Crippen LogP contribution in [0, 0.1) is 0 Å². The first-order valence-electron chi connectivity index (χ1n) is 7.72. The Morgan fingerprint density at radius 2 is 1.33 bits per heavy atom. The molecule has 2 aromatic rings. The molecule has 0 aliphatic carbocycles. The molecule has 0 fully saturated rings. The molecule has 0 saturated heterocycles. The van der Waals surface area contributed by atoms with Gasteiger partial charge in [0, 0.05) is 7.05 Å². The van der Waals surface area contributed by atoms with Gasteiger partial charge in [-0.25, -0.2) is 9.59 Å². The van der Waals surface area contributed by atoms with Crippen molar-refractivity contribution in [1.82, 2.24) is 4.90 Å². The summed E-state index contributed by atoms with van der Waals surface area (Å²) in [6.07, 6.45) is -0.567. The summed E-state index contributed by atoms with van der Waals surface area (Å²) in [6, 6.07) is 18.0. The van der Waals surface area contributed by atoms with Gasteiger partial charge in [0.2, 0.25) is 0 Å². The van der Waals surface area contributed by atoms with Crippen LogP contribution in [0.4, 0.5) is 4.79 Å². The van der Waals surface area contributed by atoms with E-state index in [1.807, 2.05) is 60.7 Å². The van der Waals surface area contributed by atoms with Gasteiger partial charge in [0.25, 0.3) is 0 Å². The molecule has 0 aromatic heterocycles. The molecule has 2 rings (SSSR count). The lowest BCUT2D eigenvalue weighted by Crippen LogP contribution is -2.41. The highest BCUT2D eigenvalue weighted by molar-refractivity contribution is 5.80. The maximum Gasteiger partial charge on any atom is 0.410 e. The molecule has 0 bridgehead atoms. The highest BCUT2D eigenvalue weighted by Gasteiger charge is 2.24. The number of ether oxygens (including phenoxy) is 2. The third-order valence-electron chi connectivity index (χ3n) is 3.64. The predicted octanol–water partition coefficient (Wildman–Crippen LogP) is 3.39. The zero-order chi connectivity index (χ0) is 17.4. The van der Waals surface area contributed by atoms with Crippen molar-refractivity contribution in [3.05, 3.63) is 71.8 Å². The van der Waals surface area contributed by atoms with Crippen LogP contribution < -0.4 is 0 Å². The largest absolute Gasteiger partial charge is 0.459 e. The van der Waals surface area contributed by atoms with E-state index in [0.29, 0.717) is 0 Å². The van der Waals surface area contributed by atoms with Crippen LogP contribution >= 0.6 is 0 Å². The lowest BCUT2D eigenvalue weighted by molar-refractivity contribution is -0.149. The van der Waals surface area contributed by atoms with Gasteiger partial charge in [-0.1, -0.05) is 60.7 Å². The minimum atomic E-state index is -0.725. The highest BCUT2D eigenvalue weighted by Crippen LogP contribution is 2.07. The number of hydrogen-bond donors (Lipinski definition) is 0. The number of benzene rings is 2. The van der Waals surface area contributed by atoms with Crippen LogP contribution in [-0.2, 0) is 27.5 Å². The maximum atomic E-state index is 12.1. The summed E-state index contributed by atoms with van der Waals surface area (Å²) in [5.41, 5.74) is 1.78. The van der Waals surface area contributed by atoms with Gasteiger partial charge in [-0.2, -0.15) is 0 Å². The molecule has 5 heteroatoms. The van der Waals surface area contributed by atoms with Crippen LogP contribution in [0.15, 0.2) is 60.7 Å². The van der Waals surface area contributed by atoms with E-state index in [4.69, 9.17) is 9.47 Å². The number of esters is 1. The Balaban J connectivity index is 1.80. The van der Waals surface area contributed by atoms with Crippen molar-refractivity contribution in [1.29, 1.82) is 0 Å². The second-order valence-electron chi connectivity index (χ2n) is 5.42. The monoisotopic (exact) mass is 327 g/mol. The molecule has 5 nitrogen and oxygen atoms in total. The number of carbonyl (C=O) groups excluding carboxylic acids is 2. The molecule has 126 valence electrons. The van der Waals surface area contributed by atoms with Gasteiger partial charge in [-0.3, -0.25) is 4.90 Å². The van der Waals surface area contributed by atoms with Crippen LogP contribution in [0.5, 0.6) is 0 Å². The Morgan fingerprint density at radius 3 is 1.83 bits per heavy atom. The first kappa shape index (κ1) is 17.5. The lowest BCUT2D eigenvalue weighted by atomic mass is 10.2. The van der Waals surface area contributed by atoms with Gasteiger partial charge >= 0.3 is 12.1 Å². The molecule has 0 radical (unpaired) electrons. The maximum absolute atomic E-state index is 12.1. The number of nitrogens with zero attached hydrogens (tertiary/aromatic N) is 1. The molecule has 0 N–H and O–H groups in total. The van der Waals surface area contributed by atoms with Crippen molar-refractivity contribution in [3.63, 3.8) is 0 Å². The topological polar surface area (TPSA) is 55.8 Å². The zero-order valence-corrected chi connectivity index (χ0v) is 13.8. The van der Waals surface area contributed by atoms with Gasteiger partial charge in [0.15, 0.2) is 0 Å². The lowest BCUT2D eigenvalue weighted by Gasteiger charge is -2.22. The molecule has 0 spiro atoms. The minimum absolute atomic E-state index is 0.162. The van der Waals surface area contributed by atoms with Crippen molar-refractivity contribution in [3.8, 4) is 0 Å². The van der Waals surface area contributed by atoms with E-state index in [2.05, 4.69) is 0 Å². The number of likely N-dealkylation sites (N-methyl/N-ethyl adjacent to an activating group) is 1. The molecular weight excluding hydrogens is 306 g/mol. The summed E-state index contributed by atoms with van der Waals surface area (Å²) in [6.45, 7) is 1.95. The van der Waals surface area contributed by atoms with E-state index >= 15 is 0 Å². The Kier molecular flexibility index (Phi) is 6.37. The molecule has 1 unspecified atom stereocenters. The van der Waals surface area contributed by atoms with Gasteiger partial charge in [0.1, 0.15) is 19.3 Å². The average Bonchev–Trinajstić information content (AvgIpc) is 2.64. The van der Waals surface area contributed by atoms with Crippen molar-refractivity contribution >= 4 is 12.1 Å². The van der Waals surface area contributed by atoms with Crippen LogP contribution in [0.2, 0.25) is 0 Å². The normalized spacial score (nSPS) is 11.4. The first-order chi connectivity index (χ1) is 11.6. The average molecular weight is 327 g/mol. The van der Waals surface area contributed by atoms with Crippen LogP contribution in [-0.4, -0.2) is 30.1 Å². The van der Waals surface area contributed by atoms with Crippen molar-refractivity contribution < 1.29 is 19.1 Å². The van der Waals surface area contributed by atoms with E-state index in [1.165, 1.54) is 11.9 Å². The zero-order valence-electron chi connectivity index (χ0n) is 13.8. The fourth-order valence-corrected chi connectivity index (χ4v) is 1.99. The summed E-state index contributed by atoms with van der Waals surface area (Å²) in [5.74, 6) is -0.474. The summed E-state index contributed by atoms with van der Waals surface area (Å²) in [4.78, 5) is 25.3. The second kappa shape index (κ2) is 8.72. The fraction of sp³-hybridized carbons (Fsp3) is 0.263. The summed E-state index contributed by atoms with van der Waals surface area (Å²) < 4.78 is 10.4. The predicted molar refractivity (Wildman–Crippen MR) is 90.1 cm³/mol. The molecule has 0 aliphatic heterocycles. The highest BCUT2D eigenvalue weighted by atomic mass is 16.6. The summed E-state index contributed by atoms with van der Waals surface area (Å²) >= 11 is 0. The Hall–Kier alpha value is -2.82. The SMILES string of the molecule is CC(C(=O)OCc1ccccc1)N(C)C(=O)OCc1ccccc1. The fourth-order valence-electron chi connectivity index (χ4n) is 1.99. The third kappa shape index (κ3) is 5.12. The van der Waals surface area contributed by atoms with Crippen LogP contribution in [0.1, 0.15) is 18.1 Å². The molecule has 0 heterocycles. The minimum Gasteiger partial charge on any atom is -0.459 e. The Bertz CT molecular complexity index is 598. The first-order valence-corrected chi connectivity index (χ1v) is 7.72. The molecule has 24 heavy (non-hydrogen) atoms. The molecule has 1 amide bonds. The molecule has 0 saturated carbocycles.